The minimum absolute atomic E-state index is 0.0219. The Morgan fingerprint density at radius 2 is 2.19 bits per heavy atom. The number of carbonyl (C=O) groups excluding carboxylic acids is 1. The summed E-state index contributed by atoms with van der Waals surface area (Å²) in [6.45, 7) is 4.55. The van der Waals surface area contributed by atoms with E-state index in [1.54, 1.807) is 16.9 Å². The Morgan fingerprint density at radius 1 is 1.38 bits per heavy atom. The lowest BCUT2D eigenvalue weighted by Crippen LogP contribution is -2.31. The summed E-state index contributed by atoms with van der Waals surface area (Å²) in [4.78, 5) is 31.7. The Kier molecular flexibility index (Phi) is 3.90. The standard InChI is InChI=1S/C18H22N6O2/c1-4-12-8-17(25)24-16(20-12)9-14(21-24)15-6-5-7-23(15)18(26)13-10-19-22(3)11(13)2/h8-10,15,21H,4-7H2,1-3H3/t15-/m1/s1. The molecule has 8 nitrogen and oxygen atoms in total. The molecule has 0 aliphatic carbocycles. The van der Waals surface area contributed by atoms with Gasteiger partial charge in [0.05, 0.1) is 23.5 Å². The first-order valence-corrected chi connectivity index (χ1v) is 8.90. The third kappa shape index (κ3) is 2.53. The van der Waals surface area contributed by atoms with Crippen molar-refractivity contribution in [3.8, 4) is 0 Å². The van der Waals surface area contributed by atoms with Gasteiger partial charge in [-0.1, -0.05) is 6.92 Å². The van der Waals surface area contributed by atoms with Gasteiger partial charge in [-0.25, -0.2) is 9.50 Å². The maximum absolute atomic E-state index is 13.0. The van der Waals surface area contributed by atoms with Crippen LogP contribution in [-0.4, -0.2) is 41.7 Å². The Hall–Kier alpha value is -2.90. The van der Waals surface area contributed by atoms with E-state index in [1.165, 1.54) is 4.52 Å². The summed E-state index contributed by atoms with van der Waals surface area (Å²) in [5, 5.41) is 7.32. The van der Waals surface area contributed by atoms with Gasteiger partial charge in [0.1, 0.15) is 0 Å². The number of hydrogen-bond donors (Lipinski definition) is 1. The summed E-state index contributed by atoms with van der Waals surface area (Å²) in [6, 6.07) is 3.34. The molecule has 1 aliphatic rings. The van der Waals surface area contributed by atoms with Crippen LogP contribution in [0.3, 0.4) is 0 Å². The Labute approximate surface area is 150 Å². The van der Waals surface area contributed by atoms with Gasteiger partial charge in [0.15, 0.2) is 5.65 Å². The molecular weight excluding hydrogens is 332 g/mol. The normalized spacial score (nSPS) is 17.3. The van der Waals surface area contributed by atoms with Crippen molar-refractivity contribution >= 4 is 11.6 Å². The molecule has 0 spiro atoms. The Balaban J connectivity index is 1.71. The molecular formula is C18H22N6O2. The number of H-pyrrole nitrogens is 1. The molecule has 1 N–H and O–H groups in total. The summed E-state index contributed by atoms with van der Waals surface area (Å²) in [6.07, 6.45) is 4.11. The summed E-state index contributed by atoms with van der Waals surface area (Å²) < 4.78 is 3.15. The van der Waals surface area contributed by atoms with Gasteiger partial charge < -0.3 is 4.90 Å². The summed E-state index contributed by atoms with van der Waals surface area (Å²) in [5.74, 6) is -0.0219. The van der Waals surface area contributed by atoms with Crippen molar-refractivity contribution < 1.29 is 4.79 Å². The van der Waals surface area contributed by atoms with Gasteiger partial charge in [0, 0.05) is 37.1 Å². The molecule has 0 aromatic carbocycles. The zero-order chi connectivity index (χ0) is 18.4. The zero-order valence-corrected chi connectivity index (χ0v) is 15.2. The van der Waals surface area contributed by atoms with Crippen LogP contribution in [0.5, 0.6) is 0 Å². The second-order valence-corrected chi connectivity index (χ2v) is 6.77. The van der Waals surface area contributed by atoms with Crippen molar-refractivity contribution in [3.63, 3.8) is 0 Å². The highest BCUT2D eigenvalue weighted by molar-refractivity contribution is 5.95. The lowest BCUT2D eigenvalue weighted by molar-refractivity contribution is 0.0732. The number of rotatable bonds is 3. The number of fused-ring (bicyclic) bond motifs is 1. The van der Waals surface area contributed by atoms with Crippen LogP contribution in [0.15, 0.2) is 23.1 Å². The highest BCUT2D eigenvalue weighted by Gasteiger charge is 2.33. The zero-order valence-electron chi connectivity index (χ0n) is 15.2. The molecule has 4 heterocycles. The molecule has 3 aromatic heterocycles. The first-order valence-electron chi connectivity index (χ1n) is 8.90. The monoisotopic (exact) mass is 354 g/mol. The fourth-order valence-corrected chi connectivity index (χ4v) is 3.61. The molecule has 4 rings (SSSR count). The number of nitrogens with zero attached hydrogens (tertiary/aromatic N) is 5. The number of aryl methyl sites for hydroxylation is 2. The minimum Gasteiger partial charge on any atom is -0.330 e. The third-order valence-corrected chi connectivity index (χ3v) is 5.22. The highest BCUT2D eigenvalue weighted by atomic mass is 16.2. The predicted octanol–water partition coefficient (Wildman–Crippen LogP) is 1.60. The first kappa shape index (κ1) is 16.6. The van der Waals surface area contributed by atoms with Crippen LogP contribution in [0.25, 0.3) is 5.65 Å². The number of hydrogen-bond acceptors (Lipinski definition) is 4. The number of carbonyl (C=O) groups is 1. The van der Waals surface area contributed by atoms with Gasteiger partial charge in [-0.3, -0.25) is 19.4 Å². The average Bonchev–Trinajstić information content (AvgIpc) is 3.33. The van der Waals surface area contributed by atoms with E-state index in [4.69, 9.17) is 0 Å². The lowest BCUT2D eigenvalue weighted by Gasteiger charge is -2.23. The molecule has 1 amide bonds. The van der Waals surface area contributed by atoms with Gasteiger partial charge in [-0.05, 0) is 26.2 Å². The van der Waals surface area contributed by atoms with Crippen molar-refractivity contribution in [2.45, 2.75) is 39.2 Å². The quantitative estimate of drug-likeness (QED) is 0.774. The van der Waals surface area contributed by atoms with E-state index in [0.29, 0.717) is 24.2 Å². The van der Waals surface area contributed by atoms with Crippen LogP contribution in [0.1, 0.15) is 53.2 Å². The van der Waals surface area contributed by atoms with E-state index in [0.717, 1.165) is 29.9 Å². The molecule has 0 bridgehead atoms. The molecule has 1 saturated heterocycles. The first-order chi connectivity index (χ1) is 12.5. The van der Waals surface area contributed by atoms with Gasteiger partial charge in [0.25, 0.3) is 11.5 Å². The summed E-state index contributed by atoms with van der Waals surface area (Å²) in [7, 11) is 1.83. The molecule has 1 aliphatic heterocycles. The Bertz CT molecular complexity index is 1040. The van der Waals surface area contributed by atoms with Crippen molar-refractivity contribution in [2.24, 2.45) is 7.05 Å². The number of aromatic amines is 1. The number of nitrogens with one attached hydrogen (secondary N) is 1. The predicted molar refractivity (Wildman–Crippen MR) is 96.1 cm³/mol. The van der Waals surface area contributed by atoms with Crippen LogP contribution in [0, 0.1) is 6.92 Å². The second kappa shape index (κ2) is 6.12. The van der Waals surface area contributed by atoms with Crippen LogP contribution < -0.4 is 5.56 Å². The molecule has 0 unspecified atom stereocenters. The fourth-order valence-electron chi connectivity index (χ4n) is 3.61. The lowest BCUT2D eigenvalue weighted by atomic mass is 10.1. The van der Waals surface area contributed by atoms with E-state index in [-0.39, 0.29) is 17.5 Å². The van der Waals surface area contributed by atoms with Gasteiger partial charge in [-0.2, -0.15) is 5.10 Å². The fraction of sp³-hybridized carbons (Fsp3) is 0.444. The molecule has 3 aromatic rings. The highest BCUT2D eigenvalue weighted by Crippen LogP contribution is 2.33. The van der Waals surface area contributed by atoms with Crippen molar-refractivity contribution in [3.05, 3.63) is 51.3 Å². The molecule has 0 radical (unpaired) electrons. The van der Waals surface area contributed by atoms with E-state index in [9.17, 15) is 9.59 Å². The molecule has 0 saturated carbocycles. The van der Waals surface area contributed by atoms with Gasteiger partial charge in [-0.15, -0.1) is 0 Å². The maximum Gasteiger partial charge on any atom is 0.272 e. The number of aromatic nitrogens is 5. The van der Waals surface area contributed by atoms with E-state index >= 15 is 0 Å². The maximum atomic E-state index is 13.0. The molecule has 1 fully saturated rings. The van der Waals surface area contributed by atoms with Crippen LogP contribution in [-0.2, 0) is 13.5 Å². The Morgan fingerprint density at radius 3 is 2.88 bits per heavy atom. The van der Waals surface area contributed by atoms with Crippen LogP contribution in [0.4, 0.5) is 0 Å². The largest absolute Gasteiger partial charge is 0.330 e. The molecule has 136 valence electrons. The summed E-state index contributed by atoms with van der Waals surface area (Å²) >= 11 is 0. The summed E-state index contributed by atoms with van der Waals surface area (Å²) in [5.41, 5.74) is 3.56. The molecule has 8 heteroatoms. The smallest absolute Gasteiger partial charge is 0.272 e. The SMILES string of the molecule is CCc1cc(=O)n2[nH]c([C@H]3CCCN3C(=O)c3cnn(C)c3C)cc2n1. The van der Waals surface area contributed by atoms with Crippen LogP contribution >= 0.6 is 0 Å². The molecule has 26 heavy (non-hydrogen) atoms. The minimum atomic E-state index is -0.128. The van der Waals surface area contributed by atoms with Crippen LogP contribution in [0.2, 0.25) is 0 Å². The third-order valence-electron chi connectivity index (χ3n) is 5.22. The molecule has 1 atom stereocenters. The average molecular weight is 354 g/mol. The van der Waals surface area contributed by atoms with E-state index < -0.39 is 0 Å². The number of likely N-dealkylation sites (tertiary alicyclic amines) is 1. The van der Waals surface area contributed by atoms with Gasteiger partial charge in [0.2, 0.25) is 0 Å². The van der Waals surface area contributed by atoms with Crippen molar-refractivity contribution in [1.82, 2.24) is 29.3 Å². The van der Waals surface area contributed by atoms with Crippen molar-refractivity contribution in [2.75, 3.05) is 6.54 Å². The second-order valence-electron chi connectivity index (χ2n) is 6.77. The van der Waals surface area contributed by atoms with Crippen molar-refractivity contribution in [1.29, 1.82) is 0 Å². The van der Waals surface area contributed by atoms with Gasteiger partial charge >= 0.3 is 0 Å². The topological polar surface area (TPSA) is 88.3 Å². The number of amides is 1. The van der Waals surface area contributed by atoms with E-state index in [1.807, 2.05) is 31.9 Å². The van der Waals surface area contributed by atoms with E-state index in [2.05, 4.69) is 15.2 Å².